The Bertz CT molecular complexity index is 675. The molecule has 0 unspecified atom stereocenters. The number of benzene rings is 1. The third-order valence-electron chi connectivity index (χ3n) is 4.12. The van der Waals surface area contributed by atoms with E-state index in [1.165, 1.54) is 0 Å². The third kappa shape index (κ3) is 4.63. The lowest BCUT2D eigenvalue weighted by Crippen LogP contribution is -2.46. The van der Waals surface area contributed by atoms with Crippen LogP contribution >= 0.6 is 0 Å². The first-order chi connectivity index (χ1) is 11.3. The van der Waals surface area contributed by atoms with Gasteiger partial charge in [-0.2, -0.15) is 0 Å². The van der Waals surface area contributed by atoms with Gasteiger partial charge in [0.1, 0.15) is 12.3 Å². The summed E-state index contributed by atoms with van der Waals surface area (Å²) in [6.07, 6.45) is 3.18. The minimum atomic E-state index is -3.60. The molecule has 1 saturated heterocycles. The van der Waals surface area contributed by atoms with E-state index >= 15 is 0 Å². The molecule has 0 spiro atoms. The lowest BCUT2D eigenvalue weighted by Gasteiger charge is -2.33. The average molecular weight is 354 g/mol. The molecule has 1 fully saturated rings. The maximum Gasteiger partial charge on any atom is 0.243 e. The molecule has 1 amide bonds. The molecule has 6 nitrogen and oxygen atoms in total. The Balaban J connectivity index is 2.25. The van der Waals surface area contributed by atoms with E-state index in [0.717, 1.165) is 23.4 Å². The van der Waals surface area contributed by atoms with Gasteiger partial charge in [0.05, 0.1) is 18.6 Å². The predicted molar refractivity (Wildman–Crippen MR) is 94.8 cm³/mol. The standard InChI is InChI=1S/C17H26N2O4S/c1-4-23-16-10-6-5-9-15(16)19(24(3,21)22)13-17(20)18-11-7-8-14(2)12-18/h5-6,9-10,14H,4,7-8,11-13H2,1-3H3/t14-/m0/s1. The number of likely N-dealkylation sites (tertiary alicyclic amines) is 1. The zero-order chi connectivity index (χ0) is 17.7. The van der Waals surface area contributed by atoms with Gasteiger partial charge in [0, 0.05) is 13.1 Å². The van der Waals surface area contributed by atoms with Gasteiger partial charge in [-0.15, -0.1) is 0 Å². The van der Waals surface area contributed by atoms with Crippen LogP contribution in [0.4, 0.5) is 5.69 Å². The quantitative estimate of drug-likeness (QED) is 0.785. The minimum absolute atomic E-state index is 0.168. The number of hydrogen-bond donors (Lipinski definition) is 0. The zero-order valence-electron chi connectivity index (χ0n) is 14.6. The van der Waals surface area contributed by atoms with Gasteiger partial charge < -0.3 is 9.64 Å². The van der Waals surface area contributed by atoms with Crippen molar-refractivity contribution in [1.29, 1.82) is 0 Å². The van der Waals surface area contributed by atoms with Gasteiger partial charge in [0.25, 0.3) is 0 Å². The summed E-state index contributed by atoms with van der Waals surface area (Å²) >= 11 is 0. The number of nitrogens with zero attached hydrogens (tertiary/aromatic N) is 2. The number of carbonyl (C=O) groups excluding carboxylic acids is 1. The van der Waals surface area contributed by atoms with Crippen molar-refractivity contribution in [1.82, 2.24) is 4.90 Å². The smallest absolute Gasteiger partial charge is 0.243 e. The first-order valence-electron chi connectivity index (χ1n) is 8.30. The van der Waals surface area contributed by atoms with Crippen molar-refractivity contribution in [2.45, 2.75) is 26.7 Å². The van der Waals surface area contributed by atoms with E-state index in [-0.39, 0.29) is 12.5 Å². The molecule has 2 rings (SSSR count). The van der Waals surface area contributed by atoms with E-state index in [2.05, 4.69) is 6.92 Å². The predicted octanol–water partition coefficient (Wildman–Crippen LogP) is 2.11. The fourth-order valence-corrected chi connectivity index (χ4v) is 3.81. The van der Waals surface area contributed by atoms with Crippen LogP contribution in [0.3, 0.4) is 0 Å². The van der Waals surface area contributed by atoms with E-state index in [1.807, 2.05) is 6.92 Å². The number of piperidine rings is 1. The highest BCUT2D eigenvalue weighted by Gasteiger charge is 2.28. The molecule has 0 saturated carbocycles. The van der Waals surface area contributed by atoms with Crippen LogP contribution in [-0.4, -0.2) is 51.7 Å². The number of para-hydroxylation sites is 2. The molecule has 0 bridgehead atoms. The summed E-state index contributed by atoms with van der Waals surface area (Å²) in [7, 11) is -3.60. The maximum absolute atomic E-state index is 12.6. The highest BCUT2D eigenvalue weighted by molar-refractivity contribution is 7.92. The Kier molecular flexibility index (Phi) is 6.10. The Morgan fingerprint density at radius 1 is 1.38 bits per heavy atom. The van der Waals surface area contributed by atoms with Crippen LogP contribution < -0.4 is 9.04 Å². The highest BCUT2D eigenvalue weighted by atomic mass is 32.2. The Morgan fingerprint density at radius 3 is 2.71 bits per heavy atom. The molecule has 134 valence electrons. The van der Waals surface area contributed by atoms with Crippen LogP contribution in [-0.2, 0) is 14.8 Å². The molecule has 1 aliphatic rings. The van der Waals surface area contributed by atoms with Gasteiger partial charge in [0.15, 0.2) is 0 Å². The lowest BCUT2D eigenvalue weighted by molar-refractivity contribution is -0.131. The van der Waals surface area contributed by atoms with Crippen molar-refractivity contribution in [3.63, 3.8) is 0 Å². The van der Waals surface area contributed by atoms with Gasteiger partial charge in [-0.05, 0) is 37.8 Å². The first kappa shape index (κ1) is 18.6. The summed E-state index contributed by atoms with van der Waals surface area (Å²) in [5.41, 5.74) is 0.403. The molecule has 1 aromatic carbocycles. The second-order valence-corrected chi connectivity index (χ2v) is 8.16. The number of carbonyl (C=O) groups is 1. The second-order valence-electron chi connectivity index (χ2n) is 6.26. The van der Waals surface area contributed by atoms with Crippen molar-refractivity contribution in [3.05, 3.63) is 24.3 Å². The normalized spacial score (nSPS) is 18.3. The van der Waals surface area contributed by atoms with Gasteiger partial charge in [0.2, 0.25) is 15.9 Å². The first-order valence-corrected chi connectivity index (χ1v) is 10.1. The summed E-state index contributed by atoms with van der Waals surface area (Å²) in [6.45, 7) is 5.54. The molecular weight excluding hydrogens is 328 g/mol. The molecule has 1 aliphatic heterocycles. The lowest BCUT2D eigenvalue weighted by atomic mass is 10.0. The van der Waals surface area contributed by atoms with E-state index in [0.29, 0.717) is 37.1 Å². The Labute approximate surface area is 144 Å². The summed E-state index contributed by atoms with van der Waals surface area (Å²) in [6, 6.07) is 6.90. The largest absolute Gasteiger partial charge is 0.492 e. The molecule has 1 aromatic rings. The fraction of sp³-hybridized carbons (Fsp3) is 0.588. The van der Waals surface area contributed by atoms with Crippen LogP contribution in [0.15, 0.2) is 24.3 Å². The zero-order valence-corrected chi connectivity index (χ0v) is 15.4. The molecule has 0 aliphatic carbocycles. The molecule has 0 aromatic heterocycles. The van der Waals surface area contributed by atoms with E-state index in [1.54, 1.807) is 29.2 Å². The number of ether oxygens (including phenoxy) is 1. The van der Waals surface area contributed by atoms with Crippen molar-refractivity contribution in [2.24, 2.45) is 5.92 Å². The van der Waals surface area contributed by atoms with Crippen LogP contribution in [0.2, 0.25) is 0 Å². The van der Waals surface area contributed by atoms with Crippen LogP contribution in [0.25, 0.3) is 0 Å². The van der Waals surface area contributed by atoms with Crippen molar-refractivity contribution in [2.75, 3.05) is 36.8 Å². The SMILES string of the molecule is CCOc1ccccc1N(CC(=O)N1CCC[C@H](C)C1)S(C)(=O)=O. The monoisotopic (exact) mass is 354 g/mol. The van der Waals surface area contributed by atoms with Gasteiger partial charge >= 0.3 is 0 Å². The summed E-state index contributed by atoms with van der Waals surface area (Å²) in [5, 5.41) is 0. The van der Waals surface area contributed by atoms with E-state index < -0.39 is 10.0 Å². The second kappa shape index (κ2) is 7.88. The maximum atomic E-state index is 12.6. The molecule has 0 N–H and O–H groups in total. The van der Waals surface area contributed by atoms with E-state index in [4.69, 9.17) is 4.74 Å². The third-order valence-corrected chi connectivity index (χ3v) is 5.25. The fourth-order valence-electron chi connectivity index (χ4n) is 2.96. The van der Waals surface area contributed by atoms with Gasteiger partial charge in [-0.25, -0.2) is 8.42 Å². The van der Waals surface area contributed by atoms with Gasteiger partial charge in [-0.1, -0.05) is 19.1 Å². The van der Waals surface area contributed by atoms with Gasteiger partial charge in [-0.3, -0.25) is 9.10 Å². The number of amides is 1. The van der Waals surface area contributed by atoms with Crippen LogP contribution in [0.1, 0.15) is 26.7 Å². The van der Waals surface area contributed by atoms with Crippen LogP contribution in [0.5, 0.6) is 5.75 Å². The van der Waals surface area contributed by atoms with E-state index in [9.17, 15) is 13.2 Å². The van der Waals surface area contributed by atoms with Crippen molar-refractivity contribution >= 4 is 21.6 Å². The number of hydrogen-bond acceptors (Lipinski definition) is 4. The molecule has 1 heterocycles. The Morgan fingerprint density at radius 2 is 2.08 bits per heavy atom. The number of anilines is 1. The summed E-state index contributed by atoms with van der Waals surface area (Å²) in [5.74, 6) is 0.744. The highest BCUT2D eigenvalue weighted by Crippen LogP contribution is 2.30. The number of sulfonamides is 1. The van der Waals surface area contributed by atoms with Crippen molar-refractivity contribution < 1.29 is 17.9 Å². The molecule has 0 radical (unpaired) electrons. The molecule has 1 atom stereocenters. The minimum Gasteiger partial charge on any atom is -0.492 e. The molecule has 24 heavy (non-hydrogen) atoms. The summed E-state index contributed by atoms with van der Waals surface area (Å²) < 4.78 is 31.2. The van der Waals surface area contributed by atoms with Crippen LogP contribution in [0, 0.1) is 5.92 Å². The molecular formula is C17H26N2O4S. The average Bonchev–Trinajstić information content (AvgIpc) is 2.52. The summed E-state index contributed by atoms with van der Waals surface area (Å²) in [4.78, 5) is 14.4. The molecule has 7 heteroatoms. The van der Waals surface area contributed by atoms with Crippen molar-refractivity contribution in [3.8, 4) is 5.75 Å². The Hall–Kier alpha value is -1.76. The number of rotatable bonds is 6. The topological polar surface area (TPSA) is 66.9 Å².